The number of nitro groups is 3. The van der Waals surface area contributed by atoms with Crippen molar-refractivity contribution < 1.29 is 56.5 Å². The number of ketones is 3. The maximum Gasteiger partial charge on any atom is 0.269 e. The lowest BCUT2D eigenvalue weighted by Crippen LogP contribution is -2.30. The number of anilines is 1. The number of hydrogen-bond donors (Lipinski definition) is 6. The minimum atomic E-state index is -4.60. The summed E-state index contributed by atoms with van der Waals surface area (Å²) >= 11 is 5.96. The van der Waals surface area contributed by atoms with E-state index in [-0.39, 0.29) is 160 Å². The molecule has 3 amide bonds. The van der Waals surface area contributed by atoms with E-state index in [4.69, 9.17) is 5.73 Å². The van der Waals surface area contributed by atoms with Gasteiger partial charge in [0.2, 0.25) is 17.7 Å². The molecular weight excluding hydrogens is 1680 g/mol. The standard InChI is InChI=1S/C23H25N3O5S2.2C23H23N3O4S.C13H15N3O2S.3CH4.BrH.H3N/c1-2-18-15-32-23(24-18)20(14-16-8-10-19(11-9-16)26-33(29,30)31)25-22(28)13-12-21(27)17-6-4-3-5-7-17;2*1-2-18-15-31-23(24-18)20(14-16-8-10-19(11-9-16)26(29)30)25-22(28)13-12-21(27)17-6-4-3-5-7-17;1-2-10-8-19-13(15-10)12(14)7-9-3-5-11(6-4-9)16(17)18;;;;;/h3-11,15,20,26H,2,12-14H2,1H3,(H,25,28)(H,29,30,31);2*3-11,15,20H,2,12-14H2,1H3,(H,25,28);3-6,8,12H,2,7,14H2,1H3;3*1H4;1H;1H3/t3*20-;12-;;;;;/m0000...../s1. The summed E-state index contributed by atoms with van der Waals surface area (Å²) in [7, 11) is -4.60. The van der Waals surface area contributed by atoms with Gasteiger partial charge < -0.3 is 32.4 Å². The molecule has 0 saturated carbocycles. The number of Topliss-reactive ketones (excluding diaryl/α,β-unsaturated/α-hetero) is 3. The first-order valence-electron chi connectivity index (χ1n) is 36.4. The van der Waals surface area contributed by atoms with Crippen molar-refractivity contribution in [3.05, 3.63) is 322 Å². The minimum Gasteiger partial charge on any atom is -0.731 e. The van der Waals surface area contributed by atoms with Crippen LogP contribution in [0.5, 0.6) is 0 Å². The first-order chi connectivity index (χ1) is 54.7. The van der Waals surface area contributed by atoms with Gasteiger partial charge in [-0.2, -0.15) is 0 Å². The van der Waals surface area contributed by atoms with E-state index in [9.17, 15) is 72.1 Å². The molecule has 7 aromatic carbocycles. The summed E-state index contributed by atoms with van der Waals surface area (Å²) in [5, 5.41) is 52.4. The molecule has 119 heavy (non-hydrogen) atoms. The van der Waals surface area contributed by atoms with Crippen LogP contribution in [0, 0.1) is 30.3 Å². The Balaban J connectivity index is 0.000000410. The summed E-state index contributed by atoms with van der Waals surface area (Å²) in [6.07, 6.45) is 5.77. The van der Waals surface area contributed by atoms with Gasteiger partial charge >= 0.3 is 0 Å². The lowest BCUT2D eigenvalue weighted by atomic mass is 10.0. The van der Waals surface area contributed by atoms with Gasteiger partial charge in [-0.05, 0) is 85.8 Å². The van der Waals surface area contributed by atoms with E-state index in [1.165, 1.54) is 82.5 Å². The maximum atomic E-state index is 12.6. The number of aryl methyl sites for hydroxylation is 4. The predicted octanol–water partition coefficient (Wildman–Crippen LogP) is 18.7. The predicted molar refractivity (Wildman–Crippen MR) is 476 cm³/mol. The average Bonchev–Trinajstić information content (AvgIpc) is 1.83. The summed E-state index contributed by atoms with van der Waals surface area (Å²) in [6.45, 7) is 8.08. The van der Waals surface area contributed by atoms with E-state index in [0.717, 1.165) is 90.7 Å². The summed E-state index contributed by atoms with van der Waals surface area (Å²) in [5.74, 6) is -0.973. The van der Waals surface area contributed by atoms with Crippen LogP contribution in [0.3, 0.4) is 0 Å². The van der Waals surface area contributed by atoms with Crippen molar-refractivity contribution >= 4 is 130 Å². The number of non-ortho nitro benzene ring substituents is 3. The number of thiazole rings is 4. The zero-order valence-electron chi connectivity index (χ0n) is 64.2. The van der Waals surface area contributed by atoms with E-state index < -0.39 is 31.1 Å². The largest absolute Gasteiger partial charge is 0.731 e. The van der Waals surface area contributed by atoms with Gasteiger partial charge in [-0.1, -0.05) is 190 Å². The fourth-order valence-electron chi connectivity index (χ4n) is 11.1. The molecule has 0 aliphatic rings. The molecule has 4 aromatic heterocycles. The van der Waals surface area contributed by atoms with Crippen LogP contribution >= 0.6 is 62.3 Å². The number of nitrogens with two attached hydrogens (primary N) is 1. The molecule has 11 aromatic rings. The molecule has 0 saturated heterocycles. The number of nitro benzene ring substituents is 3. The van der Waals surface area contributed by atoms with Crippen molar-refractivity contribution in [3.8, 4) is 0 Å². The molecule has 0 bridgehead atoms. The van der Waals surface area contributed by atoms with Crippen molar-refractivity contribution in [2.45, 2.75) is 164 Å². The van der Waals surface area contributed by atoms with Gasteiger partial charge in [0.05, 0.1) is 61.7 Å². The molecule has 634 valence electrons. The molecule has 11 rings (SSSR count). The molecule has 0 fully saturated rings. The van der Waals surface area contributed by atoms with Gasteiger partial charge in [-0.3, -0.25) is 63.8 Å². The van der Waals surface area contributed by atoms with Crippen molar-refractivity contribution in [2.75, 3.05) is 4.72 Å². The van der Waals surface area contributed by atoms with Crippen LogP contribution in [-0.2, 0) is 76.1 Å². The molecule has 0 aliphatic carbocycles. The van der Waals surface area contributed by atoms with Crippen molar-refractivity contribution in [3.63, 3.8) is 0 Å². The number of hydrogen-bond acceptors (Lipinski definition) is 24. The van der Waals surface area contributed by atoms with Crippen molar-refractivity contribution in [1.29, 1.82) is 0 Å². The maximum absolute atomic E-state index is 12.6. The molecule has 0 unspecified atom stereocenters. The zero-order chi connectivity index (χ0) is 82.1. The fraction of sp³-hybridized carbons (Fsp3) is 0.294. The molecule has 0 spiro atoms. The quantitative estimate of drug-likeness (QED) is 0.00919. The van der Waals surface area contributed by atoms with Crippen LogP contribution < -0.4 is 32.6 Å². The van der Waals surface area contributed by atoms with Gasteiger partial charge in [0.25, 0.3) is 17.1 Å². The van der Waals surface area contributed by atoms with Crippen LogP contribution in [0.2, 0.25) is 0 Å². The summed E-state index contributed by atoms with van der Waals surface area (Å²) in [6, 6.07) is 50.7. The van der Waals surface area contributed by atoms with Gasteiger partial charge in [0.1, 0.15) is 20.0 Å². The normalized spacial score (nSPS) is 11.4. The van der Waals surface area contributed by atoms with E-state index in [1.807, 2.05) is 65.2 Å². The van der Waals surface area contributed by atoms with Gasteiger partial charge in [-0.25, -0.2) is 28.4 Å². The topological polar surface area (TPSA) is 451 Å². The van der Waals surface area contributed by atoms with E-state index in [0.29, 0.717) is 42.4 Å². The van der Waals surface area contributed by atoms with Gasteiger partial charge in [0, 0.05) is 119 Å². The van der Waals surface area contributed by atoms with Crippen LogP contribution in [-0.4, -0.2) is 82.7 Å². The number of benzene rings is 7. The van der Waals surface area contributed by atoms with E-state index in [2.05, 4.69) is 42.8 Å². The molecule has 28 nitrogen and oxygen atoms in total. The molecule has 10 N–H and O–H groups in total. The lowest BCUT2D eigenvalue weighted by Gasteiger charge is -2.17. The Morgan fingerprint density at radius 3 is 0.874 bits per heavy atom. The highest BCUT2D eigenvalue weighted by molar-refractivity contribution is 8.93. The second-order valence-electron chi connectivity index (χ2n) is 25.8. The molecule has 34 heteroatoms. The van der Waals surface area contributed by atoms with Crippen LogP contribution in [0.25, 0.3) is 0 Å². The Bertz CT molecular complexity index is 4950. The Hall–Kier alpha value is -11.2. The van der Waals surface area contributed by atoms with Gasteiger partial charge in [-0.15, -0.1) is 62.3 Å². The Morgan fingerprint density at radius 2 is 0.630 bits per heavy atom. The number of carbonyl (C=O) groups excluding carboxylic acids is 6. The number of carbonyl (C=O) groups is 6. The number of rotatable bonds is 36. The number of quaternary nitrogens is 1. The summed E-state index contributed by atoms with van der Waals surface area (Å²) < 4.78 is 34.4. The minimum absolute atomic E-state index is 0. The fourth-order valence-corrected chi connectivity index (χ4v) is 15.3. The van der Waals surface area contributed by atoms with Crippen LogP contribution in [0.1, 0.15) is 209 Å². The number of nitrogens with zero attached hydrogens (tertiary/aromatic N) is 7. The molecule has 0 aliphatic heterocycles. The van der Waals surface area contributed by atoms with E-state index in [1.54, 1.807) is 133 Å². The third-order valence-electron chi connectivity index (χ3n) is 17.4. The third-order valence-corrected chi connectivity index (χ3v) is 21.9. The van der Waals surface area contributed by atoms with Crippen LogP contribution in [0.4, 0.5) is 22.7 Å². The van der Waals surface area contributed by atoms with Crippen molar-refractivity contribution in [2.24, 2.45) is 5.73 Å². The zero-order valence-corrected chi connectivity index (χ0v) is 70.0. The summed E-state index contributed by atoms with van der Waals surface area (Å²) in [5.41, 5.74) is 15.5. The first-order valence-corrected chi connectivity index (χ1v) is 41.4. The summed E-state index contributed by atoms with van der Waals surface area (Å²) in [4.78, 5) is 124. The Kier molecular flexibility index (Phi) is 44.5. The second kappa shape index (κ2) is 51.9. The molecule has 4 atom stereocenters. The molecule has 4 heterocycles. The second-order valence-corrected chi connectivity index (χ2v) is 30.5. The smallest absolute Gasteiger partial charge is 0.269 e. The molecule has 0 radical (unpaired) electrons. The first kappa shape index (κ1) is 102. The van der Waals surface area contributed by atoms with E-state index >= 15 is 0 Å². The molecular formula is C85H102BrN13O15S5. The van der Waals surface area contributed by atoms with Crippen molar-refractivity contribution in [1.82, 2.24) is 42.0 Å². The Morgan fingerprint density at radius 1 is 0.387 bits per heavy atom. The SMILES string of the molecule is Br.C.C.C.CCc1csc([C@@H](N)Cc2ccc([N+](=O)[O-])cc2)n1.CCc1csc([C@H](Cc2ccc(NS(=O)(=O)[O-])cc2)NC(=O)CCC(=O)c2ccccc2)n1.CCc1csc([C@H](Cc2ccc([N+](=O)[O-])cc2)NC(=O)CCC(=O)c2ccccc2)n1.CCc1csc([C@H](Cc2ccc([N+](=O)[O-])cc2)NC(=O)CCC(=O)c2ccccc2)n1.[NH4+]. The van der Waals surface area contributed by atoms with Gasteiger partial charge in [0.15, 0.2) is 27.7 Å². The number of amides is 3. The number of aromatic nitrogens is 4. The monoisotopic (exact) mass is 1780 g/mol. The third kappa shape index (κ3) is 34.3. The number of nitrogens with one attached hydrogen (secondary N) is 4. The van der Waals surface area contributed by atoms with Crippen LogP contribution in [0.15, 0.2) is 210 Å². The number of halogens is 1. The Labute approximate surface area is 720 Å². The lowest BCUT2D eigenvalue weighted by molar-refractivity contribution is -0.385. The average molecular weight is 1790 g/mol. The highest BCUT2D eigenvalue weighted by Gasteiger charge is 2.25. The highest BCUT2D eigenvalue weighted by Crippen LogP contribution is 2.29. The highest BCUT2D eigenvalue weighted by atomic mass is 79.9.